The van der Waals surface area contributed by atoms with E-state index in [1.807, 2.05) is 20.8 Å². The van der Waals surface area contributed by atoms with E-state index in [0.717, 1.165) is 41.8 Å². The molecule has 0 fully saturated rings. The number of alkyl halides is 6. The first-order chi connectivity index (χ1) is 18.5. The van der Waals surface area contributed by atoms with Crippen molar-refractivity contribution >= 4 is 17.6 Å². The van der Waals surface area contributed by atoms with Gasteiger partial charge in [-0.25, -0.2) is 4.79 Å². The summed E-state index contributed by atoms with van der Waals surface area (Å²) in [5.41, 5.74) is 1.28. The molecule has 0 N–H and O–H groups in total. The van der Waals surface area contributed by atoms with Gasteiger partial charge in [0.1, 0.15) is 5.75 Å². The topological polar surface area (TPSA) is 65.1 Å². The Balaban J connectivity index is 2.06. The van der Waals surface area contributed by atoms with E-state index in [4.69, 9.17) is 0 Å². The smallest absolute Gasteiger partial charge is 0.462 e. The zero-order chi connectivity index (χ0) is 29.9. The van der Waals surface area contributed by atoms with E-state index in [1.165, 1.54) is 18.2 Å². The van der Waals surface area contributed by atoms with E-state index >= 15 is 0 Å². The van der Waals surface area contributed by atoms with Gasteiger partial charge in [0.2, 0.25) is 0 Å². The quantitative estimate of drug-likeness (QED) is 0.179. The zero-order valence-electron chi connectivity index (χ0n) is 21.8. The molecule has 0 bridgehead atoms. The number of nitrogens with zero attached hydrogens (tertiary/aromatic N) is 1. The number of amides is 1. The second-order valence-electron chi connectivity index (χ2n) is 9.63. The lowest BCUT2D eigenvalue weighted by Gasteiger charge is -2.25. The molecular formula is C28H25F6NO5. The molecule has 40 heavy (non-hydrogen) atoms. The molecule has 0 spiro atoms. The molecule has 0 aromatic heterocycles. The van der Waals surface area contributed by atoms with Crippen molar-refractivity contribution in [1.82, 2.24) is 0 Å². The number of hydrogen-bond donors (Lipinski definition) is 0. The van der Waals surface area contributed by atoms with Crippen molar-refractivity contribution in [2.75, 3.05) is 12.0 Å². The molecule has 1 amide bonds. The van der Waals surface area contributed by atoms with Crippen molar-refractivity contribution in [1.29, 1.82) is 0 Å². The molecular weight excluding hydrogens is 544 g/mol. The number of benzene rings is 3. The highest BCUT2D eigenvalue weighted by Crippen LogP contribution is 2.38. The predicted octanol–water partition coefficient (Wildman–Crippen LogP) is 7.15. The molecule has 0 aliphatic heterocycles. The Bertz CT molecular complexity index is 1340. The molecule has 6 nitrogen and oxygen atoms in total. The van der Waals surface area contributed by atoms with Crippen molar-refractivity contribution in [3.63, 3.8) is 0 Å². The molecule has 0 aliphatic carbocycles. The summed E-state index contributed by atoms with van der Waals surface area (Å²) in [5.74, 6) is -3.89. The van der Waals surface area contributed by atoms with Gasteiger partial charge in [0.15, 0.2) is 5.75 Å². The molecule has 0 saturated heterocycles. The lowest BCUT2D eigenvalue weighted by atomic mass is 9.87. The summed E-state index contributed by atoms with van der Waals surface area (Å²) in [5, 5.41) is 0. The third-order valence-electron chi connectivity index (χ3n) is 5.66. The minimum absolute atomic E-state index is 0.126. The first-order valence-electron chi connectivity index (χ1n) is 11.7. The van der Waals surface area contributed by atoms with Gasteiger partial charge < -0.3 is 14.2 Å². The van der Waals surface area contributed by atoms with E-state index < -0.39 is 36.1 Å². The second kappa shape index (κ2) is 11.5. The number of hydrogen-bond acceptors (Lipinski definition) is 5. The molecule has 3 rings (SSSR count). The van der Waals surface area contributed by atoms with Gasteiger partial charge in [-0.1, -0.05) is 63.2 Å². The largest absolute Gasteiger partial charge is 0.573 e. The van der Waals surface area contributed by atoms with Gasteiger partial charge in [-0.3, -0.25) is 9.69 Å². The Morgan fingerprint density at radius 1 is 0.750 bits per heavy atom. The molecule has 214 valence electrons. The predicted molar refractivity (Wildman–Crippen MR) is 134 cm³/mol. The van der Waals surface area contributed by atoms with E-state index in [1.54, 1.807) is 24.3 Å². The van der Waals surface area contributed by atoms with Crippen LogP contribution in [-0.4, -0.2) is 31.7 Å². The van der Waals surface area contributed by atoms with Crippen molar-refractivity contribution < 1.29 is 50.1 Å². The van der Waals surface area contributed by atoms with Gasteiger partial charge in [0.05, 0.1) is 19.3 Å². The molecule has 0 aliphatic rings. The Hall–Kier alpha value is -4.22. The Morgan fingerprint density at radius 2 is 1.30 bits per heavy atom. The fraction of sp³-hybridized carbons (Fsp3) is 0.286. The van der Waals surface area contributed by atoms with Crippen LogP contribution in [0.3, 0.4) is 0 Å². The fourth-order valence-corrected chi connectivity index (χ4v) is 3.73. The van der Waals surface area contributed by atoms with Crippen LogP contribution < -0.4 is 14.4 Å². The van der Waals surface area contributed by atoms with E-state index in [-0.39, 0.29) is 28.8 Å². The van der Waals surface area contributed by atoms with Crippen LogP contribution in [0.25, 0.3) is 11.1 Å². The van der Waals surface area contributed by atoms with Crippen molar-refractivity contribution in [3.05, 3.63) is 77.9 Å². The highest BCUT2D eigenvalue weighted by Gasteiger charge is 2.35. The molecule has 0 radical (unpaired) electrons. The monoisotopic (exact) mass is 569 g/mol. The fourth-order valence-electron chi connectivity index (χ4n) is 3.73. The standard InChI is InChI=1S/C28H25F6NO5/c1-26(2,3)20-10-5-17(6-11-20)16-35(24(36)25(37)38-4)22-14-9-19(15-23(22)40-28(32,33)34)18-7-12-21(13-8-18)39-27(29,30)31/h5-15H,16H2,1-4H3. The summed E-state index contributed by atoms with van der Waals surface area (Å²) in [6.45, 7) is 5.69. The van der Waals surface area contributed by atoms with Crippen LogP contribution in [0.4, 0.5) is 32.0 Å². The van der Waals surface area contributed by atoms with Gasteiger partial charge in [-0.2, -0.15) is 0 Å². The minimum atomic E-state index is -5.17. The van der Waals surface area contributed by atoms with Crippen LogP contribution in [0.1, 0.15) is 31.9 Å². The van der Waals surface area contributed by atoms with Crippen LogP contribution >= 0.6 is 0 Å². The lowest BCUT2D eigenvalue weighted by Crippen LogP contribution is -2.37. The first-order valence-corrected chi connectivity index (χ1v) is 11.7. The van der Waals surface area contributed by atoms with Crippen molar-refractivity contribution in [3.8, 4) is 22.6 Å². The SMILES string of the molecule is COC(=O)C(=O)N(Cc1ccc(C(C)(C)C)cc1)c1ccc(-c2ccc(OC(F)(F)F)cc2)cc1OC(F)(F)F. The Kier molecular flexibility index (Phi) is 8.71. The van der Waals surface area contributed by atoms with Gasteiger partial charge in [0, 0.05) is 0 Å². The number of ether oxygens (including phenoxy) is 3. The molecule has 0 heterocycles. The van der Waals surface area contributed by atoms with Crippen LogP contribution in [-0.2, 0) is 26.3 Å². The summed E-state index contributed by atoms with van der Waals surface area (Å²) in [6.07, 6.45) is -10.1. The second-order valence-corrected chi connectivity index (χ2v) is 9.63. The van der Waals surface area contributed by atoms with Gasteiger partial charge in [-0.05, 0) is 51.9 Å². The molecule has 3 aromatic carbocycles. The average Bonchev–Trinajstić information content (AvgIpc) is 2.85. The first kappa shape index (κ1) is 30.3. The molecule has 12 heteroatoms. The average molecular weight is 569 g/mol. The van der Waals surface area contributed by atoms with E-state index in [9.17, 15) is 35.9 Å². The highest BCUT2D eigenvalue weighted by atomic mass is 19.4. The number of anilines is 1. The summed E-state index contributed by atoms with van der Waals surface area (Å²) < 4.78 is 90.1. The van der Waals surface area contributed by atoms with Gasteiger partial charge in [-0.15, -0.1) is 26.3 Å². The van der Waals surface area contributed by atoms with Crippen LogP contribution in [0, 0.1) is 0 Å². The van der Waals surface area contributed by atoms with E-state index in [2.05, 4.69) is 14.2 Å². The number of carbonyl (C=O) groups is 2. The molecule has 0 saturated carbocycles. The molecule has 0 unspecified atom stereocenters. The Labute approximate surface area is 226 Å². The van der Waals surface area contributed by atoms with Crippen LogP contribution in [0.5, 0.6) is 11.5 Å². The maximum absolute atomic E-state index is 13.4. The number of halogens is 6. The number of esters is 1. The minimum Gasteiger partial charge on any atom is -0.462 e. The maximum Gasteiger partial charge on any atom is 0.573 e. The summed E-state index contributed by atoms with van der Waals surface area (Å²) in [4.78, 5) is 25.9. The lowest BCUT2D eigenvalue weighted by molar-refractivity contribution is -0.275. The normalized spacial score (nSPS) is 12.1. The van der Waals surface area contributed by atoms with Gasteiger partial charge in [0.25, 0.3) is 0 Å². The molecule has 3 aromatic rings. The molecule has 0 atom stereocenters. The summed E-state index contributed by atoms with van der Waals surface area (Å²) in [6, 6.07) is 14.8. The zero-order valence-corrected chi connectivity index (χ0v) is 21.8. The summed E-state index contributed by atoms with van der Waals surface area (Å²) in [7, 11) is 0.957. The Morgan fingerprint density at radius 3 is 1.80 bits per heavy atom. The van der Waals surface area contributed by atoms with E-state index in [0.29, 0.717) is 5.56 Å². The number of carbonyl (C=O) groups excluding carboxylic acids is 2. The maximum atomic E-state index is 13.4. The number of rotatable bonds is 6. The van der Waals surface area contributed by atoms with Crippen molar-refractivity contribution in [2.24, 2.45) is 0 Å². The third-order valence-corrected chi connectivity index (χ3v) is 5.66. The third kappa shape index (κ3) is 8.14. The van der Waals surface area contributed by atoms with Gasteiger partial charge >= 0.3 is 24.6 Å². The summed E-state index contributed by atoms with van der Waals surface area (Å²) >= 11 is 0. The number of methoxy groups -OCH3 is 1. The van der Waals surface area contributed by atoms with Crippen LogP contribution in [0.2, 0.25) is 0 Å². The van der Waals surface area contributed by atoms with Crippen LogP contribution in [0.15, 0.2) is 66.7 Å². The van der Waals surface area contributed by atoms with Crippen molar-refractivity contribution in [2.45, 2.75) is 45.5 Å². The highest BCUT2D eigenvalue weighted by molar-refractivity contribution is 6.38.